The molecule has 2 aromatic heterocycles. The van der Waals surface area contributed by atoms with E-state index in [2.05, 4.69) is 4.98 Å². The number of hydrogen-bond acceptors (Lipinski definition) is 3. The molecule has 1 aliphatic rings. The summed E-state index contributed by atoms with van der Waals surface area (Å²) in [6.45, 7) is 4.72. The van der Waals surface area contributed by atoms with E-state index >= 15 is 0 Å². The Balaban J connectivity index is 1.67. The molecule has 0 unspecified atom stereocenters. The highest BCUT2D eigenvalue weighted by Gasteiger charge is 2.18. The van der Waals surface area contributed by atoms with Crippen LogP contribution in [0.2, 0.25) is 0 Å². The first-order chi connectivity index (χ1) is 12.6. The normalized spacial score (nSPS) is 14.8. The maximum absolute atomic E-state index is 13.2. The van der Waals surface area contributed by atoms with E-state index in [4.69, 9.17) is 4.74 Å². The van der Waals surface area contributed by atoms with Crippen molar-refractivity contribution in [3.63, 3.8) is 0 Å². The van der Waals surface area contributed by atoms with Crippen LogP contribution in [0.3, 0.4) is 0 Å². The van der Waals surface area contributed by atoms with Crippen LogP contribution in [0.5, 0.6) is 0 Å². The van der Waals surface area contributed by atoms with Crippen LogP contribution >= 0.6 is 0 Å². The summed E-state index contributed by atoms with van der Waals surface area (Å²) < 4.78 is 20.4. The second-order valence-corrected chi connectivity index (χ2v) is 6.53. The zero-order chi connectivity index (χ0) is 18.1. The van der Waals surface area contributed by atoms with Crippen molar-refractivity contribution in [1.82, 2.24) is 14.5 Å². The summed E-state index contributed by atoms with van der Waals surface area (Å²) >= 11 is 0. The average molecular weight is 353 g/mol. The number of halogens is 1. The highest BCUT2D eigenvalue weighted by atomic mass is 19.1. The summed E-state index contributed by atoms with van der Waals surface area (Å²) in [4.78, 5) is 19.0. The summed E-state index contributed by atoms with van der Waals surface area (Å²) in [5.41, 5.74) is 4.61. The molecule has 0 saturated carbocycles. The second kappa shape index (κ2) is 6.88. The monoisotopic (exact) mass is 353 g/mol. The Hall–Kier alpha value is -2.73. The summed E-state index contributed by atoms with van der Waals surface area (Å²) in [7, 11) is 0. The van der Waals surface area contributed by atoms with Crippen molar-refractivity contribution >= 4 is 16.9 Å². The zero-order valence-electron chi connectivity index (χ0n) is 14.6. The minimum atomic E-state index is -0.266. The third-order valence-electron chi connectivity index (χ3n) is 4.75. The Bertz CT molecular complexity index is 944. The van der Waals surface area contributed by atoms with Gasteiger partial charge in [0.2, 0.25) is 5.91 Å². The van der Waals surface area contributed by atoms with Gasteiger partial charge < -0.3 is 14.2 Å². The standard InChI is InChI=1S/C20H20FN3O2/c1-14-12-24(13-19(25)23-6-8-26-9-7-23)18-10-16(11-22-20(14)18)15-2-4-17(21)5-3-15/h2-5,10-12H,6-9,13H2,1H3. The lowest BCUT2D eigenvalue weighted by Crippen LogP contribution is -2.42. The van der Waals surface area contributed by atoms with Crippen LogP contribution < -0.4 is 0 Å². The molecular formula is C20H20FN3O2. The average Bonchev–Trinajstić information content (AvgIpc) is 2.98. The van der Waals surface area contributed by atoms with Crippen molar-refractivity contribution in [3.05, 3.63) is 54.1 Å². The van der Waals surface area contributed by atoms with Crippen LogP contribution in [-0.2, 0) is 16.1 Å². The molecule has 134 valence electrons. The van der Waals surface area contributed by atoms with E-state index in [1.807, 2.05) is 28.7 Å². The molecule has 1 saturated heterocycles. The van der Waals surface area contributed by atoms with Gasteiger partial charge in [0.1, 0.15) is 12.4 Å². The topological polar surface area (TPSA) is 47.4 Å². The fraction of sp³-hybridized carbons (Fsp3) is 0.300. The lowest BCUT2D eigenvalue weighted by molar-refractivity contribution is -0.135. The number of fused-ring (bicyclic) bond motifs is 1. The first-order valence-corrected chi connectivity index (χ1v) is 8.69. The van der Waals surface area contributed by atoms with Crippen LogP contribution in [0.4, 0.5) is 4.39 Å². The zero-order valence-corrected chi connectivity index (χ0v) is 14.6. The number of carbonyl (C=O) groups is 1. The number of rotatable bonds is 3. The molecule has 1 aliphatic heterocycles. The summed E-state index contributed by atoms with van der Waals surface area (Å²) in [5.74, 6) is -0.185. The first kappa shape index (κ1) is 16.7. The number of benzene rings is 1. The van der Waals surface area contributed by atoms with Crippen molar-refractivity contribution in [1.29, 1.82) is 0 Å². The van der Waals surface area contributed by atoms with Crippen LogP contribution in [0.25, 0.3) is 22.2 Å². The predicted octanol–water partition coefficient (Wildman–Crippen LogP) is 3.01. The number of hydrogen-bond donors (Lipinski definition) is 0. The van der Waals surface area contributed by atoms with Crippen LogP contribution in [0, 0.1) is 12.7 Å². The molecule has 0 bridgehead atoms. The molecule has 1 aromatic carbocycles. The third-order valence-corrected chi connectivity index (χ3v) is 4.75. The Kier molecular flexibility index (Phi) is 4.42. The van der Waals surface area contributed by atoms with Crippen molar-refractivity contribution in [3.8, 4) is 11.1 Å². The maximum Gasteiger partial charge on any atom is 0.242 e. The van der Waals surface area contributed by atoms with Gasteiger partial charge in [0.25, 0.3) is 0 Å². The second-order valence-electron chi connectivity index (χ2n) is 6.53. The van der Waals surface area contributed by atoms with E-state index in [0.717, 1.165) is 27.7 Å². The number of ether oxygens (including phenoxy) is 1. The molecule has 0 atom stereocenters. The molecule has 0 N–H and O–H groups in total. The Labute approximate surface area is 151 Å². The summed E-state index contributed by atoms with van der Waals surface area (Å²) in [6.07, 6.45) is 3.75. The molecule has 1 fully saturated rings. The number of morpholine rings is 1. The third kappa shape index (κ3) is 3.20. The van der Waals surface area contributed by atoms with Crippen LogP contribution in [0.15, 0.2) is 42.7 Å². The van der Waals surface area contributed by atoms with Crippen molar-refractivity contribution in [2.75, 3.05) is 26.3 Å². The van der Waals surface area contributed by atoms with E-state index in [9.17, 15) is 9.18 Å². The lowest BCUT2D eigenvalue weighted by atomic mass is 10.1. The Morgan fingerprint density at radius 2 is 1.92 bits per heavy atom. The van der Waals surface area contributed by atoms with E-state index in [-0.39, 0.29) is 18.3 Å². The first-order valence-electron chi connectivity index (χ1n) is 8.69. The van der Waals surface area contributed by atoms with Gasteiger partial charge in [-0.2, -0.15) is 0 Å². The predicted molar refractivity (Wildman–Crippen MR) is 97.3 cm³/mol. The minimum absolute atomic E-state index is 0.0809. The number of pyridine rings is 1. The van der Waals surface area contributed by atoms with Crippen LogP contribution in [-0.4, -0.2) is 46.7 Å². The van der Waals surface area contributed by atoms with Gasteiger partial charge in [-0.05, 0) is 36.2 Å². The van der Waals surface area contributed by atoms with Crippen molar-refractivity contribution < 1.29 is 13.9 Å². The number of nitrogens with zero attached hydrogens (tertiary/aromatic N) is 3. The molecule has 0 aliphatic carbocycles. The maximum atomic E-state index is 13.2. The van der Waals surface area contributed by atoms with Crippen molar-refractivity contribution in [2.45, 2.75) is 13.5 Å². The molecule has 4 rings (SSSR count). The summed E-state index contributed by atoms with van der Waals surface area (Å²) in [5, 5.41) is 0. The molecule has 0 spiro atoms. The minimum Gasteiger partial charge on any atom is -0.378 e. The molecule has 3 heterocycles. The highest BCUT2D eigenvalue weighted by Crippen LogP contribution is 2.26. The van der Waals surface area contributed by atoms with E-state index in [1.54, 1.807) is 18.3 Å². The summed E-state index contributed by atoms with van der Waals surface area (Å²) in [6, 6.07) is 8.35. The van der Waals surface area contributed by atoms with E-state index < -0.39 is 0 Å². The van der Waals surface area contributed by atoms with Crippen LogP contribution in [0.1, 0.15) is 5.56 Å². The quantitative estimate of drug-likeness (QED) is 0.727. The molecule has 3 aromatic rings. The fourth-order valence-electron chi connectivity index (χ4n) is 3.33. The SMILES string of the molecule is Cc1cn(CC(=O)N2CCOCC2)c2cc(-c3ccc(F)cc3)cnc12. The molecule has 26 heavy (non-hydrogen) atoms. The molecular weight excluding hydrogens is 333 g/mol. The van der Waals surface area contributed by atoms with Gasteiger partial charge in [0.15, 0.2) is 0 Å². The Morgan fingerprint density at radius 1 is 1.19 bits per heavy atom. The van der Waals surface area contributed by atoms with Gasteiger partial charge in [0.05, 0.1) is 24.2 Å². The molecule has 0 radical (unpaired) electrons. The van der Waals surface area contributed by atoms with Gasteiger partial charge in [-0.15, -0.1) is 0 Å². The molecule has 1 amide bonds. The fourth-order valence-corrected chi connectivity index (χ4v) is 3.33. The number of amides is 1. The highest BCUT2D eigenvalue weighted by molar-refractivity contribution is 5.86. The largest absolute Gasteiger partial charge is 0.378 e. The Morgan fingerprint density at radius 3 is 2.65 bits per heavy atom. The molecule has 6 heteroatoms. The van der Waals surface area contributed by atoms with Gasteiger partial charge in [-0.1, -0.05) is 12.1 Å². The van der Waals surface area contributed by atoms with Gasteiger partial charge in [-0.3, -0.25) is 9.78 Å². The number of aryl methyl sites for hydroxylation is 1. The lowest BCUT2D eigenvalue weighted by Gasteiger charge is -2.27. The van der Waals surface area contributed by atoms with Crippen molar-refractivity contribution in [2.24, 2.45) is 0 Å². The smallest absolute Gasteiger partial charge is 0.242 e. The van der Waals surface area contributed by atoms with Gasteiger partial charge in [-0.25, -0.2) is 4.39 Å². The number of carbonyl (C=O) groups excluding carboxylic acids is 1. The van der Waals surface area contributed by atoms with Gasteiger partial charge in [0, 0.05) is 31.0 Å². The number of aromatic nitrogens is 2. The van der Waals surface area contributed by atoms with Gasteiger partial charge >= 0.3 is 0 Å². The van der Waals surface area contributed by atoms with E-state index in [0.29, 0.717) is 26.3 Å². The van der Waals surface area contributed by atoms with E-state index in [1.165, 1.54) is 12.1 Å². The molecule has 5 nitrogen and oxygen atoms in total.